The zero-order valence-electron chi connectivity index (χ0n) is 8.78. The van der Waals surface area contributed by atoms with Gasteiger partial charge in [0.2, 0.25) is 0 Å². The first-order valence-electron chi connectivity index (χ1n) is 4.84. The largest absolute Gasteiger partial charge is 0.748 e. The predicted octanol–water partition coefficient (Wildman–Crippen LogP) is 1.19. The van der Waals surface area contributed by atoms with E-state index in [1.54, 1.807) is 30.5 Å². The van der Waals surface area contributed by atoms with E-state index in [1.807, 2.05) is 6.07 Å². The molecule has 2 aromatic heterocycles. The van der Waals surface area contributed by atoms with Gasteiger partial charge in [0.05, 0.1) is 27.3 Å². The van der Waals surface area contributed by atoms with Crippen LogP contribution in [0.1, 0.15) is 5.56 Å². The topological polar surface area (TPSA) is 83.0 Å². The van der Waals surface area contributed by atoms with Gasteiger partial charge in [-0.05, 0) is 23.8 Å². The molecule has 17 heavy (non-hydrogen) atoms. The van der Waals surface area contributed by atoms with Gasteiger partial charge in [-0.2, -0.15) is 0 Å². The molecule has 0 saturated carbocycles. The molecule has 0 aliphatic carbocycles. The van der Waals surface area contributed by atoms with Crippen LogP contribution in [0.25, 0.3) is 11.4 Å². The Morgan fingerprint density at radius 2 is 1.82 bits per heavy atom. The highest BCUT2D eigenvalue weighted by molar-refractivity contribution is 7.84. The SMILES string of the molecule is O=S(=O)([O-])Cc1ccc(-c2ccccn2)nc1. The van der Waals surface area contributed by atoms with E-state index in [2.05, 4.69) is 9.97 Å². The van der Waals surface area contributed by atoms with Gasteiger partial charge < -0.3 is 4.55 Å². The molecule has 0 N–H and O–H groups in total. The third-order valence-electron chi connectivity index (χ3n) is 2.10. The second-order valence-corrected chi connectivity index (χ2v) is 4.87. The first kappa shape index (κ1) is 11.7. The molecule has 0 bridgehead atoms. The van der Waals surface area contributed by atoms with Crippen molar-refractivity contribution in [2.45, 2.75) is 5.75 Å². The van der Waals surface area contributed by atoms with Gasteiger partial charge >= 0.3 is 0 Å². The monoisotopic (exact) mass is 249 g/mol. The minimum Gasteiger partial charge on any atom is -0.748 e. The van der Waals surface area contributed by atoms with Crippen LogP contribution in [-0.2, 0) is 15.9 Å². The number of hydrogen-bond donors (Lipinski definition) is 0. The quantitative estimate of drug-likeness (QED) is 0.763. The summed E-state index contributed by atoms with van der Waals surface area (Å²) in [7, 11) is -4.26. The molecule has 0 spiro atoms. The summed E-state index contributed by atoms with van der Waals surface area (Å²) in [5, 5.41) is 0. The van der Waals surface area contributed by atoms with E-state index in [9.17, 15) is 13.0 Å². The van der Waals surface area contributed by atoms with Crippen molar-refractivity contribution in [1.82, 2.24) is 9.97 Å². The number of hydrogen-bond acceptors (Lipinski definition) is 5. The molecular formula is C11H9N2O3S-. The molecule has 6 heteroatoms. The molecule has 0 radical (unpaired) electrons. The average molecular weight is 249 g/mol. The van der Waals surface area contributed by atoms with Crippen molar-refractivity contribution in [3.8, 4) is 11.4 Å². The highest BCUT2D eigenvalue weighted by Gasteiger charge is 2.02. The summed E-state index contributed by atoms with van der Waals surface area (Å²) >= 11 is 0. The Labute approximate surface area is 98.9 Å². The molecule has 0 aliphatic heterocycles. The van der Waals surface area contributed by atoms with Gasteiger partial charge in [-0.3, -0.25) is 9.97 Å². The second-order valence-electron chi connectivity index (χ2n) is 3.47. The smallest absolute Gasteiger partial charge is 0.0989 e. The third-order valence-corrected chi connectivity index (χ3v) is 2.78. The van der Waals surface area contributed by atoms with E-state index < -0.39 is 15.9 Å². The number of nitrogens with zero attached hydrogens (tertiary/aromatic N) is 2. The molecule has 88 valence electrons. The van der Waals surface area contributed by atoms with E-state index in [0.717, 1.165) is 0 Å². The highest BCUT2D eigenvalue weighted by Crippen LogP contribution is 2.14. The van der Waals surface area contributed by atoms with Crippen LogP contribution < -0.4 is 0 Å². The third kappa shape index (κ3) is 3.33. The van der Waals surface area contributed by atoms with E-state index in [4.69, 9.17) is 0 Å². The minimum absolute atomic E-state index is 0.375. The van der Waals surface area contributed by atoms with Gasteiger partial charge in [0.1, 0.15) is 0 Å². The van der Waals surface area contributed by atoms with E-state index in [0.29, 0.717) is 17.0 Å². The van der Waals surface area contributed by atoms with Gasteiger partial charge in [-0.15, -0.1) is 0 Å². The maximum absolute atomic E-state index is 10.6. The Kier molecular flexibility index (Phi) is 3.16. The summed E-state index contributed by atoms with van der Waals surface area (Å²) in [4.78, 5) is 8.18. The van der Waals surface area contributed by atoms with Crippen molar-refractivity contribution < 1.29 is 13.0 Å². The predicted molar refractivity (Wildman–Crippen MR) is 60.9 cm³/mol. The molecule has 0 unspecified atom stereocenters. The van der Waals surface area contributed by atoms with Gasteiger partial charge in [0.25, 0.3) is 0 Å². The molecule has 0 aromatic carbocycles. The van der Waals surface area contributed by atoms with Gasteiger partial charge in [0, 0.05) is 12.4 Å². The summed E-state index contributed by atoms with van der Waals surface area (Å²) in [5.74, 6) is -0.539. The zero-order valence-corrected chi connectivity index (χ0v) is 9.59. The van der Waals surface area contributed by atoms with Crippen LogP contribution in [0.3, 0.4) is 0 Å². The highest BCUT2D eigenvalue weighted by atomic mass is 32.2. The molecule has 0 fully saturated rings. The minimum atomic E-state index is -4.26. The molecule has 2 heterocycles. The van der Waals surface area contributed by atoms with Crippen molar-refractivity contribution in [3.63, 3.8) is 0 Å². The Morgan fingerprint density at radius 1 is 1.06 bits per heavy atom. The summed E-state index contributed by atoms with van der Waals surface area (Å²) < 4.78 is 31.7. The second kappa shape index (κ2) is 4.60. The van der Waals surface area contributed by atoms with Crippen molar-refractivity contribution in [3.05, 3.63) is 48.3 Å². The number of pyridine rings is 2. The average Bonchev–Trinajstić information content (AvgIpc) is 2.29. The fourth-order valence-electron chi connectivity index (χ4n) is 1.38. The molecule has 2 aromatic rings. The molecule has 5 nitrogen and oxygen atoms in total. The molecule has 2 rings (SSSR count). The number of aromatic nitrogens is 2. The fraction of sp³-hybridized carbons (Fsp3) is 0.0909. The van der Waals surface area contributed by atoms with E-state index in [-0.39, 0.29) is 0 Å². The molecule has 0 saturated heterocycles. The van der Waals surface area contributed by atoms with Crippen LogP contribution in [0.4, 0.5) is 0 Å². The van der Waals surface area contributed by atoms with Gasteiger partial charge in [-0.25, -0.2) is 8.42 Å². The maximum Gasteiger partial charge on any atom is 0.0989 e. The van der Waals surface area contributed by atoms with Crippen LogP contribution in [0.2, 0.25) is 0 Å². The number of rotatable bonds is 3. The van der Waals surface area contributed by atoms with Crippen LogP contribution >= 0.6 is 0 Å². The lowest BCUT2D eigenvalue weighted by Crippen LogP contribution is -2.02. The molecular weight excluding hydrogens is 240 g/mol. The van der Waals surface area contributed by atoms with Crippen LogP contribution in [-0.4, -0.2) is 22.9 Å². The lowest BCUT2D eigenvalue weighted by molar-refractivity contribution is 0.462. The Balaban J connectivity index is 2.25. The Morgan fingerprint density at radius 3 is 2.35 bits per heavy atom. The Bertz CT molecular complexity index is 594. The van der Waals surface area contributed by atoms with Crippen LogP contribution in [0.5, 0.6) is 0 Å². The van der Waals surface area contributed by atoms with Crippen molar-refractivity contribution in [2.75, 3.05) is 0 Å². The van der Waals surface area contributed by atoms with Gasteiger partial charge in [0.15, 0.2) is 0 Å². The summed E-state index contributed by atoms with van der Waals surface area (Å²) in [6.07, 6.45) is 3.02. The summed E-state index contributed by atoms with van der Waals surface area (Å²) in [6, 6.07) is 8.63. The first-order chi connectivity index (χ1) is 8.04. The maximum atomic E-state index is 10.6. The standard InChI is InChI=1S/C11H10N2O3S/c14-17(15,16)8-9-4-5-11(13-7-9)10-3-1-2-6-12-10/h1-7H,8H2,(H,14,15,16)/p-1. The molecule has 0 atom stereocenters. The fourth-order valence-corrected chi connectivity index (χ4v) is 1.96. The summed E-state index contributed by atoms with van der Waals surface area (Å²) in [6.45, 7) is 0. The van der Waals surface area contributed by atoms with Crippen LogP contribution in [0, 0.1) is 0 Å². The molecule has 0 amide bonds. The van der Waals surface area contributed by atoms with E-state index >= 15 is 0 Å². The first-order valence-corrected chi connectivity index (χ1v) is 6.42. The van der Waals surface area contributed by atoms with Crippen molar-refractivity contribution >= 4 is 10.1 Å². The van der Waals surface area contributed by atoms with Gasteiger partial charge in [-0.1, -0.05) is 12.1 Å². The normalized spacial score (nSPS) is 11.4. The van der Waals surface area contributed by atoms with E-state index in [1.165, 1.54) is 6.20 Å². The zero-order chi connectivity index (χ0) is 12.3. The Hall–Kier alpha value is -1.79. The van der Waals surface area contributed by atoms with Crippen LogP contribution in [0.15, 0.2) is 42.7 Å². The van der Waals surface area contributed by atoms with Crippen molar-refractivity contribution in [1.29, 1.82) is 0 Å². The summed E-state index contributed by atoms with van der Waals surface area (Å²) in [5.41, 5.74) is 1.71. The van der Waals surface area contributed by atoms with Crippen molar-refractivity contribution in [2.24, 2.45) is 0 Å². The molecule has 0 aliphatic rings. The lowest BCUT2D eigenvalue weighted by Gasteiger charge is -2.06. The lowest BCUT2D eigenvalue weighted by atomic mass is 10.2.